The molecule has 0 unspecified atom stereocenters. The summed E-state index contributed by atoms with van der Waals surface area (Å²) in [5.74, 6) is 0. The van der Waals surface area contributed by atoms with E-state index < -0.39 is 0 Å². The Labute approximate surface area is 226 Å². The van der Waals surface area contributed by atoms with E-state index in [2.05, 4.69) is 11.0 Å². The van der Waals surface area contributed by atoms with Crippen molar-refractivity contribution in [1.82, 2.24) is 4.98 Å². The largest absolute Gasteiger partial charge is 0.392 e. The maximum absolute atomic E-state index is 9.30. The molecule has 178 valence electrons. The lowest BCUT2D eigenvalue weighted by Gasteiger charge is -2.16. The molecule has 1 N–H and O–H groups in total. The van der Waals surface area contributed by atoms with Crippen LogP contribution in [0.2, 0.25) is 20.1 Å². The third-order valence-electron chi connectivity index (χ3n) is 5.81. The molecule has 5 rings (SSSR count). The fraction of sp³-hybridized carbons (Fsp3) is 0.154. The third-order valence-corrected chi connectivity index (χ3v) is 8.69. The summed E-state index contributed by atoms with van der Waals surface area (Å²) >= 11 is 28.0. The summed E-state index contributed by atoms with van der Waals surface area (Å²) in [7, 11) is 4.01. The molecule has 35 heavy (non-hydrogen) atoms. The lowest BCUT2D eigenvalue weighted by atomic mass is 10.0. The van der Waals surface area contributed by atoms with Crippen molar-refractivity contribution in [2.24, 2.45) is 4.99 Å². The Morgan fingerprint density at radius 1 is 0.857 bits per heavy atom. The van der Waals surface area contributed by atoms with Gasteiger partial charge in [0.15, 0.2) is 0 Å². The summed E-state index contributed by atoms with van der Waals surface area (Å²) in [6.45, 7) is 0.412. The number of anilines is 1. The highest BCUT2D eigenvalue weighted by atomic mass is 35.5. The minimum atomic E-state index is -0.00200. The van der Waals surface area contributed by atoms with Crippen LogP contribution < -0.4 is 10.3 Å². The molecule has 4 nitrogen and oxygen atoms in total. The SMILES string of the molecule is CN(C)c1ccc2nc3c4c(Cl)c(Cl)c(Cl)c(Cl)c4c(=NCc4ccc(CO)cc4)cc-3sc2c1. The van der Waals surface area contributed by atoms with Crippen LogP contribution in [0.5, 0.6) is 0 Å². The molecule has 0 saturated heterocycles. The van der Waals surface area contributed by atoms with Crippen molar-refractivity contribution in [2.45, 2.75) is 13.2 Å². The van der Waals surface area contributed by atoms with Gasteiger partial charge in [-0.3, -0.25) is 4.99 Å². The van der Waals surface area contributed by atoms with Gasteiger partial charge in [0, 0.05) is 30.6 Å². The molecule has 0 fully saturated rings. The first kappa shape index (κ1) is 24.6. The van der Waals surface area contributed by atoms with Crippen LogP contribution in [0.3, 0.4) is 0 Å². The van der Waals surface area contributed by atoms with Crippen molar-refractivity contribution >= 4 is 84.4 Å². The molecule has 1 aliphatic carbocycles. The van der Waals surface area contributed by atoms with Gasteiger partial charge in [-0.2, -0.15) is 0 Å². The van der Waals surface area contributed by atoms with Crippen molar-refractivity contribution in [2.75, 3.05) is 19.0 Å². The number of hydrogen-bond donors (Lipinski definition) is 1. The summed E-state index contributed by atoms with van der Waals surface area (Å²) < 4.78 is 1.04. The summed E-state index contributed by atoms with van der Waals surface area (Å²) in [6, 6.07) is 15.8. The van der Waals surface area contributed by atoms with Crippen molar-refractivity contribution in [3.63, 3.8) is 0 Å². The van der Waals surface area contributed by atoms with E-state index in [-0.39, 0.29) is 16.7 Å². The molecule has 0 atom stereocenters. The molecule has 3 aromatic carbocycles. The molecule has 2 aliphatic rings. The summed E-state index contributed by atoms with van der Waals surface area (Å²) in [5, 5.41) is 12.2. The molecule has 0 amide bonds. The number of hydrogen-bond acceptors (Lipinski definition) is 5. The van der Waals surface area contributed by atoms with Crippen molar-refractivity contribution < 1.29 is 5.11 Å². The van der Waals surface area contributed by atoms with Gasteiger partial charge in [-0.1, -0.05) is 70.7 Å². The van der Waals surface area contributed by atoms with Crippen LogP contribution in [-0.4, -0.2) is 24.2 Å². The molecule has 0 saturated carbocycles. The number of aliphatic hydroxyl groups excluding tert-OH is 1. The molecule has 1 aliphatic heterocycles. The minimum absolute atomic E-state index is 0.00200. The lowest BCUT2D eigenvalue weighted by molar-refractivity contribution is 0.282. The van der Waals surface area contributed by atoms with Crippen LogP contribution in [0.15, 0.2) is 53.5 Å². The van der Waals surface area contributed by atoms with Crippen LogP contribution in [0, 0.1) is 0 Å². The molecule has 0 spiro atoms. The lowest BCUT2D eigenvalue weighted by Crippen LogP contribution is -2.09. The Balaban J connectivity index is 1.82. The van der Waals surface area contributed by atoms with E-state index in [1.54, 1.807) is 11.3 Å². The summed E-state index contributed by atoms with van der Waals surface area (Å²) in [4.78, 5) is 12.8. The number of rotatable bonds is 4. The van der Waals surface area contributed by atoms with Gasteiger partial charge in [0.2, 0.25) is 0 Å². The van der Waals surface area contributed by atoms with E-state index in [9.17, 15) is 5.11 Å². The summed E-state index contributed by atoms with van der Waals surface area (Å²) in [6.07, 6.45) is 0. The van der Waals surface area contributed by atoms with Crippen molar-refractivity contribution in [3.05, 3.63) is 85.1 Å². The van der Waals surface area contributed by atoms with Gasteiger partial charge in [0.1, 0.15) is 0 Å². The standard InChI is InChI=1S/C26H19Cl4N3OS/c1-33(2)15-7-8-16-18(9-15)35-19-10-17(31-11-13-3-5-14(12-34)6-4-13)20-21(26(19)32-16)23(28)25(30)24(29)22(20)27/h3-10,34H,11-12H2,1-2H3. The van der Waals surface area contributed by atoms with E-state index in [4.69, 9.17) is 56.4 Å². The minimum Gasteiger partial charge on any atom is -0.392 e. The predicted octanol–water partition coefficient (Wildman–Crippen LogP) is 7.83. The number of fused-ring (bicyclic) bond motifs is 4. The second kappa shape index (κ2) is 9.74. The third kappa shape index (κ3) is 4.46. The Morgan fingerprint density at radius 2 is 1.51 bits per heavy atom. The molecular weight excluding hydrogens is 544 g/mol. The van der Waals surface area contributed by atoms with E-state index in [0.717, 1.165) is 31.9 Å². The Morgan fingerprint density at radius 3 is 2.17 bits per heavy atom. The van der Waals surface area contributed by atoms with Gasteiger partial charge in [-0.15, -0.1) is 11.3 Å². The number of halogens is 4. The van der Waals surface area contributed by atoms with Gasteiger partial charge in [0.05, 0.1) is 59.4 Å². The van der Waals surface area contributed by atoms with Crippen LogP contribution in [-0.2, 0) is 13.2 Å². The zero-order valence-corrected chi connectivity index (χ0v) is 22.6. The molecule has 9 heteroatoms. The van der Waals surface area contributed by atoms with Crippen LogP contribution in [0.1, 0.15) is 11.1 Å². The van der Waals surface area contributed by atoms with Gasteiger partial charge >= 0.3 is 0 Å². The van der Waals surface area contributed by atoms with Gasteiger partial charge < -0.3 is 10.0 Å². The quantitative estimate of drug-likeness (QED) is 0.105. The van der Waals surface area contributed by atoms with E-state index in [0.29, 0.717) is 38.4 Å². The monoisotopic (exact) mass is 561 g/mol. The second-order valence-corrected chi connectivity index (χ2v) is 10.9. The Hall–Kier alpha value is -2.12. The molecular formula is C26H19Cl4N3OS. The van der Waals surface area contributed by atoms with E-state index >= 15 is 0 Å². The molecule has 3 aromatic rings. The normalized spacial score (nSPS) is 12.3. The van der Waals surface area contributed by atoms with Crippen LogP contribution in [0.4, 0.5) is 5.69 Å². The topological polar surface area (TPSA) is 48.7 Å². The Bertz CT molecular complexity index is 1630. The molecule has 0 bridgehead atoms. The zero-order chi connectivity index (χ0) is 24.9. The van der Waals surface area contributed by atoms with Gasteiger partial charge in [-0.05, 0) is 35.4 Å². The van der Waals surface area contributed by atoms with Gasteiger partial charge in [0.25, 0.3) is 0 Å². The van der Waals surface area contributed by atoms with Gasteiger partial charge in [-0.25, -0.2) is 4.98 Å². The first-order valence-electron chi connectivity index (χ1n) is 10.7. The van der Waals surface area contributed by atoms with Crippen molar-refractivity contribution in [1.29, 1.82) is 0 Å². The zero-order valence-electron chi connectivity index (χ0n) is 18.7. The average molecular weight is 563 g/mol. The fourth-order valence-electron chi connectivity index (χ4n) is 3.92. The smallest absolute Gasteiger partial charge is 0.0905 e. The predicted molar refractivity (Wildman–Crippen MR) is 150 cm³/mol. The summed E-state index contributed by atoms with van der Waals surface area (Å²) in [5.41, 5.74) is 4.47. The second-order valence-electron chi connectivity index (χ2n) is 8.30. The number of benzene rings is 4. The number of aromatic nitrogens is 1. The first-order valence-corrected chi connectivity index (χ1v) is 13.0. The first-order chi connectivity index (χ1) is 16.8. The van der Waals surface area contributed by atoms with Crippen LogP contribution >= 0.6 is 57.7 Å². The van der Waals surface area contributed by atoms with Crippen molar-refractivity contribution in [3.8, 4) is 10.6 Å². The highest BCUT2D eigenvalue weighted by molar-refractivity contribution is 7.21. The highest BCUT2D eigenvalue weighted by Crippen LogP contribution is 2.46. The molecule has 0 radical (unpaired) electrons. The molecule has 0 aromatic heterocycles. The molecule has 1 heterocycles. The van der Waals surface area contributed by atoms with E-state index in [1.807, 2.05) is 56.6 Å². The number of aliphatic hydroxyl groups is 1. The average Bonchev–Trinajstić information content (AvgIpc) is 2.87. The Kier molecular flexibility index (Phi) is 6.83. The van der Waals surface area contributed by atoms with Crippen LogP contribution in [0.25, 0.3) is 31.6 Å². The maximum Gasteiger partial charge on any atom is 0.0905 e. The number of nitrogens with zero attached hydrogens (tertiary/aromatic N) is 3. The van der Waals surface area contributed by atoms with E-state index in [1.165, 1.54) is 0 Å². The fourth-order valence-corrected chi connectivity index (χ4v) is 6.01. The highest BCUT2D eigenvalue weighted by Gasteiger charge is 2.23. The maximum atomic E-state index is 9.30.